The lowest BCUT2D eigenvalue weighted by Crippen LogP contribution is -2.00. The minimum atomic E-state index is -0.367. The molecule has 0 nitrogen and oxygen atoms in total. The lowest BCUT2D eigenvalue weighted by molar-refractivity contribution is 0.644. The van der Waals surface area contributed by atoms with Gasteiger partial charge < -0.3 is 0 Å². The van der Waals surface area contributed by atoms with Crippen LogP contribution in [0.2, 0.25) is 0 Å². The van der Waals surface area contributed by atoms with Gasteiger partial charge >= 0.3 is 0 Å². The molecule has 1 rings (SSSR count). The van der Waals surface area contributed by atoms with Crippen molar-refractivity contribution in [1.82, 2.24) is 0 Å². The predicted octanol–water partition coefficient (Wildman–Crippen LogP) is 2.71. The monoisotopic (exact) mass is 212 g/mol. The highest BCUT2D eigenvalue weighted by molar-refractivity contribution is 6.93. The van der Waals surface area contributed by atoms with Crippen LogP contribution in [0, 0.1) is 5.92 Å². The Bertz CT molecular complexity index is 258. The first kappa shape index (κ1) is 10.8. The molecule has 0 N–H and O–H groups in total. The van der Waals surface area contributed by atoms with E-state index in [1.807, 2.05) is 0 Å². The van der Waals surface area contributed by atoms with Crippen LogP contribution in [-0.4, -0.2) is 8.83 Å². The van der Waals surface area contributed by atoms with Crippen LogP contribution in [0.4, 0.5) is 0 Å². The van der Waals surface area contributed by atoms with Gasteiger partial charge in [-0.25, -0.2) is 0 Å². The second-order valence-corrected chi connectivity index (χ2v) is 5.82. The van der Waals surface area contributed by atoms with E-state index in [1.54, 1.807) is 0 Å². The molecule has 0 aliphatic heterocycles. The third-order valence-electron chi connectivity index (χ3n) is 2.11. The molecule has 0 fully saturated rings. The molecular formula is C11H17ClSi. The Hall–Kier alpha value is -0.273. The van der Waals surface area contributed by atoms with E-state index in [2.05, 4.69) is 38.1 Å². The topological polar surface area (TPSA) is 0 Å². The van der Waals surface area contributed by atoms with Crippen LogP contribution < -0.4 is 0 Å². The molecule has 0 bridgehead atoms. The van der Waals surface area contributed by atoms with E-state index < -0.39 is 0 Å². The fourth-order valence-electron chi connectivity index (χ4n) is 1.54. The van der Waals surface area contributed by atoms with E-state index in [1.165, 1.54) is 17.5 Å². The SMILES string of the molecule is CC(C)Cc1ccccc1C[SiH2]Cl. The van der Waals surface area contributed by atoms with Crippen LogP contribution in [-0.2, 0) is 12.5 Å². The average Bonchev–Trinajstić information content (AvgIpc) is 2.08. The maximum absolute atomic E-state index is 5.88. The second kappa shape index (κ2) is 5.46. The fourth-order valence-corrected chi connectivity index (χ4v) is 2.84. The smallest absolute Gasteiger partial charge is 0.129 e. The van der Waals surface area contributed by atoms with Crippen LogP contribution in [0.3, 0.4) is 0 Å². The van der Waals surface area contributed by atoms with Gasteiger partial charge in [0.25, 0.3) is 0 Å². The van der Waals surface area contributed by atoms with Crippen LogP contribution in [0.5, 0.6) is 0 Å². The van der Waals surface area contributed by atoms with Crippen molar-refractivity contribution in [3.05, 3.63) is 35.4 Å². The minimum Gasteiger partial charge on any atom is -0.176 e. The standard InChI is InChI=1S/C11H17ClSi/c1-9(2)7-10-5-3-4-6-11(10)8-13-12/h3-6,9H,7-8,13H2,1-2H3. The third-order valence-corrected chi connectivity index (χ3v) is 3.40. The molecule has 0 spiro atoms. The van der Waals surface area contributed by atoms with Gasteiger partial charge in [0.05, 0.1) is 0 Å². The van der Waals surface area contributed by atoms with Gasteiger partial charge in [0, 0.05) is 0 Å². The van der Waals surface area contributed by atoms with E-state index in [4.69, 9.17) is 11.1 Å². The zero-order valence-electron chi connectivity index (χ0n) is 8.39. The van der Waals surface area contributed by atoms with Gasteiger partial charge in [-0.1, -0.05) is 38.1 Å². The normalized spacial score (nSPS) is 11.7. The van der Waals surface area contributed by atoms with Gasteiger partial charge in [-0.3, -0.25) is 0 Å². The van der Waals surface area contributed by atoms with Crippen molar-refractivity contribution in [2.75, 3.05) is 0 Å². The average molecular weight is 213 g/mol. The number of hydrogen-bond acceptors (Lipinski definition) is 0. The Kier molecular flexibility index (Phi) is 4.53. The summed E-state index contributed by atoms with van der Waals surface area (Å²) in [6.45, 7) is 4.52. The molecule has 0 aromatic heterocycles. The van der Waals surface area contributed by atoms with Crippen LogP contribution in [0.1, 0.15) is 25.0 Å². The highest BCUT2D eigenvalue weighted by Crippen LogP contribution is 2.14. The summed E-state index contributed by atoms with van der Waals surface area (Å²) >= 11 is 5.88. The molecule has 1 aromatic rings. The quantitative estimate of drug-likeness (QED) is 0.532. The highest BCUT2D eigenvalue weighted by Gasteiger charge is 2.03. The summed E-state index contributed by atoms with van der Waals surface area (Å²) in [5.41, 5.74) is 2.96. The molecule has 0 heterocycles. The van der Waals surface area contributed by atoms with Crippen molar-refractivity contribution < 1.29 is 0 Å². The first-order valence-corrected chi connectivity index (χ1v) is 8.00. The van der Waals surface area contributed by atoms with E-state index in [0.717, 1.165) is 12.0 Å². The van der Waals surface area contributed by atoms with Crippen LogP contribution in [0.15, 0.2) is 24.3 Å². The largest absolute Gasteiger partial charge is 0.176 e. The van der Waals surface area contributed by atoms with E-state index in [9.17, 15) is 0 Å². The Morgan fingerprint density at radius 2 is 1.85 bits per heavy atom. The third kappa shape index (κ3) is 3.53. The maximum atomic E-state index is 5.88. The fraction of sp³-hybridized carbons (Fsp3) is 0.455. The first-order chi connectivity index (χ1) is 6.24. The predicted molar refractivity (Wildman–Crippen MR) is 63.1 cm³/mol. The molecule has 13 heavy (non-hydrogen) atoms. The van der Waals surface area contributed by atoms with Crippen molar-refractivity contribution in [3.8, 4) is 0 Å². The summed E-state index contributed by atoms with van der Waals surface area (Å²) in [6, 6.07) is 9.81. The number of hydrogen-bond donors (Lipinski definition) is 0. The molecular weight excluding hydrogens is 196 g/mol. The Morgan fingerprint density at radius 3 is 2.38 bits per heavy atom. The second-order valence-electron chi connectivity index (χ2n) is 3.81. The number of halogens is 1. The van der Waals surface area contributed by atoms with Gasteiger partial charge in [0.1, 0.15) is 8.83 Å². The Morgan fingerprint density at radius 1 is 1.23 bits per heavy atom. The summed E-state index contributed by atoms with van der Waals surface area (Å²) in [5, 5.41) is 0. The summed E-state index contributed by atoms with van der Waals surface area (Å²) in [4.78, 5) is 0. The molecule has 0 radical (unpaired) electrons. The van der Waals surface area contributed by atoms with Crippen molar-refractivity contribution in [2.24, 2.45) is 5.92 Å². The summed E-state index contributed by atoms with van der Waals surface area (Å²) in [6.07, 6.45) is 1.18. The van der Waals surface area contributed by atoms with Gasteiger partial charge in [0.15, 0.2) is 0 Å². The molecule has 0 unspecified atom stereocenters. The zero-order valence-corrected chi connectivity index (χ0v) is 10.6. The van der Waals surface area contributed by atoms with E-state index >= 15 is 0 Å². The summed E-state index contributed by atoms with van der Waals surface area (Å²) in [5.74, 6) is 0.734. The molecule has 0 aliphatic carbocycles. The van der Waals surface area contributed by atoms with Crippen molar-refractivity contribution in [1.29, 1.82) is 0 Å². The van der Waals surface area contributed by atoms with Gasteiger partial charge in [-0.2, -0.15) is 11.1 Å². The van der Waals surface area contributed by atoms with Gasteiger partial charge in [-0.15, -0.1) is 0 Å². The van der Waals surface area contributed by atoms with E-state index in [0.29, 0.717) is 0 Å². The van der Waals surface area contributed by atoms with Crippen LogP contribution >= 0.6 is 11.1 Å². The Balaban J connectivity index is 2.78. The maximum Gasteiger partial charge on any atom is 0.129 e. The molecule has 0 saturated carbocycles. The molecule has 72 valence electrons. The van der Waals surface area contributed by atoms with Crippen molar-refractivity contribution >= 4 is 19.9 Å². The zero-order chi connectivity index (χ0) is 9.68. The van der Waals surface area contributed by atoms with Gasteiger partial charge in [0.2, 0.25) is 0 Å². The number of benzene rings is 1. The van der Waals surface area contributed by atoms with E-state index in [-0.39, 0.29) is 8.83 Å². The Labute approximate surface area is 87.8 Å². The van der Waals surface area contributed by atoms with Gasteiger partial charge in [-0.05, 0) is 29.5 Å². The molecule has 0 saturated heterocycles. The molecule has 1 aromatic carbocycles. The number of rotatable bonds is 4. The summed E-state index contributed by atoms with van der Waals surface area (Å²) in [7, 11) is -0.367. The minimum absolute atomic E-state index is 0.367. The molecule has 0 atom stereocenters. The van der Waals surface area contributed by atoms with Crippen molar-refractivity contribution in [2.45, 2.75) is 26.3 Å². The van der Waals surface area contributed by atoms with Crippen molar-refractivity contribution in [3.63, 3.8) is 0 Å². The lowest BCUT2D eigenvalue weighted by Gasteiger charge is -2.09. The van der Waals surface area contributed by atoms with Crippen LogP contribution in [0.25, 0.3) is 0 Å². The highest BCUT2D eigenvalue weighted by atomic mass is 35.6. The lowest BCUT2D eigenvalue weighted by atomic mass is 9.99. The summed E-state index contributed by atoms with van der Waals surface area (Å²) < 4.78 is 0. The molecule has 2 heteroatoms. The molecule has 0 aliphatic rings. The molecule has 0 amide bonds. The first-order valence-electron chi connectivity index (χ1n) is 4.86.